The zero-order valence-corrected chi connectivity index (χ0v) is 12.7. The van der Waals surface area contributed by atoms with Crippen LogP contribution in [-0.2, 0) is 20.0 Å². The molecule has 1 aliphatic heterocycles. The Morgan fingerprint density at radius 2 is 2.21 bits per heavy atom. The minimum atomic E-state index is 0.779. The van der Waals surface area contributed by atoms with Gasteiger partial charge in [-0.05, 0) is 45.8 Å². The minimum Gasteiger partial charge on any atom is -0.312 e. The van der Waals surface area contributed by atoms with Crippen molar-refractivity contribution in [3.63, 3.8) is 0 Å². The molecule has 19 heavy (non-hydrogen) atoms. The first-order valence-electron chi connectivity index (χ1n) is 7.63. The topological polar surface area (TPSA) is 33.1 Å². The molecule has 1 saturated heterocycles. The van der Waals surface area contributed by atoms with Gasteiger partial charge >= 0.3 is 0 Å². The summed E-state index contributed by atoms with van der Waals surface area (Å²) in [6, 6.07) is 0.779. The molecule has 0 aliphatic carbocycles. The molecule has 4 heteroatoms. The highest BCUT2D eigenvalue weighted by Gasteiger charge is 2.17. The first-order chi connectivity index (χ1) is 9.20. The van der Waals surface area contributed by atoms with E-state index in [-0.39, 0.29) is 0 Å². The van der Waals surface area contributed by atoms with Crippen molar-refractivity contribution in [2.24, 2.45) is 7.05 Å². The van der Waals surface area contributed by atoms with Crippen LogP contribution < -0.4 is 5.32 Å². The van der Waals surface area contributed by atoms with E-state index in [1.54, 1.807) is 0 Å². The van der Waals surface area contributed by atoms with Crippen LogP contribution in [0.2, 0.25) is 0 Å². The number of aromatic nitrogens is 2. The Bertz CT molecular complexity index is 385. The fourth-order valence-corrected chi connectivity index (χ4v) is 3.03. The number of likely N-dealkylation sites (tertiary alicyclic amines) is 1. The molecule has 1 aromatic rings. The van der Waals surface area contributed by atoms with E-state index in [0.717, 1.165) is 25.6 Å². The Morgan fingerprint density at radius 3 is 2.95 bits per heavy atom. The molecule has 1 atom stereocenters. The van der Waals surface area contributed by atoms with E-state index in [2.05, 4.69) is 35.5 Å². The van der Waals surface area contributed by atoms with Crippen molar-refractivity contribution in [3.05, 3.63) is 17.5 Å². The molecular weight excluding hydrogens is 236 g/mol. The Morgan fingerprint density at radius 1 is 1.37 bits per heavy atom. The van der Waals surface area contributed by atoms with Crippen LogP contribution in [0.25, 0.3) is 0 Å². The van der Waals surface area contributed by atoms with Crippen LogP contribution in [0.1, 0.15) is 43.9 Å². The Labute approximate surface area is 117 Å². The van der Waals surface area contributed by atoms with Crippen LogP contribution in [0.5, 0.6) is 0 Å². The monoisotopic (exact) mass is 264 g/mol. The maximum absolute atomic E-state index is 4.48. The number of nitrogens with zero attached hydrogens (tertiary/aromatic N) is 3. The molecule has 108 valence electrons. The zero-order chi connectivity index (χ0) is 13.7. The van der Waals surface area contributed by atoms with E-state index in [9.17, 15) is 0 Å². The van der Waals surface area contributed by atoms with Crippen molar-refractivity contribution in [1.29, 1.82) is 0 Å². The maximum atomic E-state index is 4.48. The molecular formula is C15H28N4. The lowest BCUT2D eigenvalue weighted by Crippen LogP contribution is -2.38. The molecule has 0 aromatic carbocycles. The fraction of sp³-hybridized carbons (Fsp3) is 0.800. The van der Waals surface area contributed by atoms with Gasteiger partial charge in [0.25, 0.3) is 0 Å². The van der Waals surface area contributed by atoms with E-state index in [1.807, 2.05) is 11.7 Å². The van der Waals surface area contributed by atoms with E-state index in [0.29, 0.717) is 0 Å². The highest BCUT2D eigenvalue weighted by atomic mass is 15.3. The number of nitrogens with one attached hydrogen (secondary N) is 1. The van der Waals surface area contributed by atoms with Gasteiger partial charge in [-0.15, -0.1) is 0 Å². The van der Waals surface area contributed by atoms with Crippen molar-refractivity contribution in [3.8, 4) is 0 Å². The number of hydrogen-bond acceptors (Lipinski definition) is 3. The van der Waals surface area contributed by atoms with Crippen molar-refractivity contribution in [2.75, 3.05) is 20.1 Å². The van der Waals surface area contributed by atoms with E-state index in [4.69, 9.17) is 0 Å². The summed E-state index contributed by atoms with van der Waals surface area (Å²) in [5, 5.41) is 8.06. The normalized spacial score (nSPS) is 20.9. The van der Waals surface area contributed by atoms with Gasteiger partial charge in [0.15, 0.2) is 0 Å². The average Bonchev–Trinajstić information content (AvgIpc) is 2.77. The lowest BCUT2D eigenvalue weighted by Gasteiger charge is -2.32. The van der Waals surface area contributed by atoms with E-state index >= 15 is 0 Å². The highest BCUT2D eigenvalue weighted by molar-refractivity contribution is 5.16. The molecule has 2 rings (SSSR count). The third-order valence-corrected chi connectivity index (χ3v) is 4.22. The largest absolute Gasteiger partial charge is 0.312 e. The second kappa shape index (κ2) is 7.06. The summed E-state index contributed by atoms with van der Waals surface area (Å²) in [4.78, 5) is 2.52. The van der Waals surface area contributed by atoms with Crippen molar-refractivity contribution in [1.82, 2.24) is 20.0 Å². The minimum absolute atomic E-state index is 0.779. The predicted octanol–water partition coefficient (Wildman–Crippen LogP) is 1.95. The summed E-state index contributed by atoms with van der Waals surface area (Å²) < 4.78 is 1.92. The number of hydrogen-bond donors (Lipinski definition) is 1. The number of rotatable bonds is 6. The molecule has 4 nitrogen and oxygen atoms in total. The van der Waals surface area contributed by atoms with Gasteiger partial charge in [-0.3, -0.25) is 4.68 Å². The summed E-state index contributed by atoms with van der Waals surface area (Å²) in [5.41, 5.74) is 2.58. The third kappa shape index (κ3) is 4.05. The van der Waals surface area contributed by atoms with E-state index in [1.165, 1.54) is 43.5 Å². The van der Waals surface area contributed by atoms with Gasteiger partial charge in [0.05, 0.1) is 5.69 Å². The molecule has 1 fully saturated rings. The van der Waals surface area contributed by atoms with Gasteiger partial charge in [-0.1, -0.05) is 13.3 Å². The SMILES string of the molecule is CCc1nn(C)cc1CNCCC1CCCCN1C. The molecule has 1 aliphatic rings. The molecule has 1 N–H and O–H groups in total. The molecule has 0 bridgehead atoms. The van der Waals surface area contributed by atoms with Crippen LogP contribution in [-0.4, -0.2) is 40.9 Å². The zero-order valence-electron chi connectivity index (χ0n) is 12.7. The van der Waals surface area contributed by atoms with Crippen LogP contribution in [0.3, 0.4) is 0 Å². The van der Waals surface area contributed by atoms with E-state index < -0.39 is 0 Å². The summed E-state index contributed by atoms with van der Waals surface area (Å²) in [6.45, 7) is 5.50. The Balaban J connectivity index is 1.71. The maximum Gasteiger partial charge on any atom is 0.0666 e. The van der Waals surface area contributed by atoms with Crippen LogP contribution in [0.4, 0.5) is 0 Å². The lowest BCUT2D eigenvalue weighted by molar-refractivity contribution is 0.175. The van der Waals surface area contributed by atoms with Gasteiger partial charge in [-0.25, -0.2) is 0 Å². The first-order valence-corrected chi connectivity index (χ1v) is 7.63. The molecule has 0 amide bonds. The molecule has 1 unspecified atom stereocenters. The van der Waals surface area contributed by atoms with Crippen LogP contribution in [0, 0.1) is 0 Å². The average molecular weight is 264 g/mol. The van der Waals surface area contributed by atoms with Gasteiger partial charge < -0.3 is 10.2 Å². The lowest BCUT2D eigenvalue weighted by atomic mass is 10.0. The molecule has 0 radical (unpaired) electrons. The Kier molecular flexibility index (Phi) is 5.40. The van der Waals surface area contributed by atoms with Crippen LogP contribution >= 0.6 is 0 Å². The Hall–Kier alpha value is -0.870. The second-order valence-electron chi connectivity index (χ2n) is 5.72. The molecule has 0 saturated carbocycles. The quantitative estimate of drug-likeness (QED) is 0.797. The molecule has 0 spiro atoms. The highest BCUT2D eigenvalue weighted by Crippen LogP contribution is 2.17. The summed E-state index contributed by atoms with van der Waals surface area (Å²) in [6.07, 6.45) is 8.55. The first kappa shape index (κ1) is 14.5. The summed E-state index contributed by atoms with van der Waals surface area (Å²) in [5.74, 6) is 0. The smallest absolute Gasteiger partial charge is 0.0666 e. The van der Waals surface area contributed by atoms with Gasteiger partial charge in [-0.2, -0.15) is 5.10 Å². The van der Waals surface area contributed by atoms with Crippen LogP contribution in [0.15, 0.2) is 6.20 Å². The number of piperidine rings is 1. The van der Waals surface area contributed by atoms with Crippen molar-refractivity contribution < 1.29 is 0 Å². The van der Waals surface area contributed by atoms with Gasteiger partial charge in [0.1, 0.15) is 0 Å². The number of aryl methyl sites for hydroxylation is 2. The third-order valence-electron chi connectivity index (χ3n) is 4.22. The van der Waals surface area contributed by atoms with Crippen molar-refractivity contribution >= 4 is 0 Å². The predicted molar refractivity (Wildman–Crippen MR) is 79.2 cm³/mol. The van der Waals surface area contributed by atoms with Crippen molar-refractivity contribution in [2.45, 2.75) is 51.6 Å². The molecule has 2 heterocycles. The van der Waals surface area contributed by atoms with Gasteiger partial charge in [0, 0.05) is 31.4 Å². The standard InChI is InChI=1S/C15H28N4/c1-4-15-13(12-19(3)17-15)11-16-9-8-14-7-5-6-10-18(14)2/h12,14,16H,4-11H2,1-3H3. The second-order valence-corrected chi connectivity index (χ2v) is 5.72. The molecule has 1 aromatic heterocycles. The van der Waals surface area contributed by atoms with Gasteiger partial charge in [0.2, 0.25) is 0 Å². The summed E-state index contributed by atoms with van der Waals surface area (Å²) in [7, 11) is 4.26. The summed E-state index contributed by atoms with van der Waals surface area (Å²) >= 11 is 0. The fourth-order valence-electron chi connectivity index (χ4n) is 3.03.